The molecule has 0 aliphatic carbocycles. The largest absolute Gasteiger partial charge is 0.325 e. The van der Waals surface area contributed by atoms with Crippen LogP contribution in [0.5, 0.6) is 0 Å². The molecule has 0 unspecified atom stereocenters. The second kappa shape index (κ2) is 4.92. The van der Waals surface area contributed by atoms with Gasteiger partial charge in [0.05, 0.1) is 6.42 Å². The van der Waals surface area contributed by atoms with Crippen LogP contribution in [0.15, 0.2) is 15.7 Å². The van der Waals surface area contributed by atoms with Crippen LogP contribution in [0.3, 0.4) is 0 Å². The van der Waals surface area contributed by atoms with Crippen LogP contribution in [0.1, 0.15) is 17.0 Å². The zero-order chi connectivity index (χ0) is 14.0. The van der Waals surface area contributed by atoms with Gasteiger partial charge < -0.3 is 10.3 Å². The predicted molar refractivity (Wildman–Crippen MR) is 68.1 cm³/mol. The predicted octanol–water partition coefficient (Wildman–Crippen LogP) is -0.416. The first kappa shape index (κ1) is 12.8. The first-order valence-corrected chi connectivity index (χ1v) is 5.59. The van der Waals surface area contributed by atoms with Gasteiger partial charge in [-0.1, -0.05) is 0 Å². The van der Waals surface area contributed by atoms with Crippen LogP contribution in [-0.4, -0.2) is 26.1 Å². The Bertz CT molecular complexity index is 696. The molecule has 0 aromatic carbocycles. The number of aromatic nitrogens is 4. The van der Waals surface area contributed by atoms with Gasteiger partial charge in [-0.25, -0.2) is 4.79 Å². The summed E-state index contributed by atoms with van der Waals surface area (Å²) in [6.45, 7) is 3.66. The summed E-state index contributed by atoms with van der Waals surface area (Å²) in [7, 11) is 0. The maximum atomic E-state index is 11.8. The SMILES string of the molecule is Cc1[nH]nc(NC(=O)Cc2cc(=O)[nH]c(=O)[nH]2)c1C. The number of H-pyrrole nitrogens is 3. The summed E-state index contributed by atoms with van der Waals surface area (Å²) < 4.78 is 0. The van der Waals surface area contributed by atoms with Crippen molar-refractivity contribution in [1.82, 2.24) is 20.2 Å². The van der Waals surface area contributed by atoms with E-state index in [0.29, 0.717) is 5.82 Å². The normalized spacial score (nSPS) is 10.4. The summed E-state index contributed by atoms with van der Waals surface area (Å²) in [6, 6.07) is 1.17. The van der Waals surface area contributed by atoms with Gasteiger partial charge in [-0.3, -0.25) is 19.7 Å². The average Bonchev–Trinajstić information content (AvgIpc) is 2.59. The number of aromatic amines is 3. The van der Waals surface area contributed by atoms with E-state index in [-0.39, 0.29) is 18.0 Å². The van der Waals surface area contributed by atoms with Crippen molar-refractivity contribution in [3.63, 3.8) is 0 Å². The average molecular weight is 263 g/mol. The molecule has 0 fully saturated rings. The Kier molecular flexibility index (Phi) is 3.32. The molecule has 100 valence electrons. The van der Waals surface area contributed by atoms with Crippen LogP contribution in [-0.2, 0) is 11.2 Å². The Balaban J connectivity index is 2.11. The molecule has 0 aliphatic rings. The van der Waals surface area contributed by atoms with Gasteiger partial charge in [-0.05, 0) is 13.8 Å². The van der Waals surface area contributed by atoms with E-state index in [1.165, 1.54) is 6.07 Å². The molecule has 0 aliphatic heterocycles. The highest BCUT2D eigenvalue weighted by molar-refractivity contribution is 5.91. The summed E-state index contributed by atoms with van der Waals surface area (Å²) in [4.78, 5) is 38.3. The Labute approximate surface area is 107 Å². The summed E-state index contributed by atoms with van der Waals surface area (Å²) in [5.41, 5.74) is 0.768. The number of carbonyl (C=O) groups is 1. The zero-order valence-electron chi connectivity index (χ0n) is 10.5. The lowest BCUT2D eigenvalue weighted by atomic mass is 10.2. The van der Waals surface area contributed by atoms with E-state index < -0.39 is 11.2 Å². The molecular formula is C11H13N5O3. The van der Waals surface area contributed by atoms with Gasteiger partial charge in [0, 0.05) is 23.0 Å². The van der Waals surface area contributed by atoms with E-state index in [1.54, 1.807) is 0 Å². The molecule has 2 aromatic rings. The van der Waals surface area contributed by atoms with Crippen molar-refractivity contribution in [2.45, 2.75) is 20.3 Å². The lowest BCUT2D eigenvalue weighted by molar-refractivity contribution is -0.115. The lowest BCUT2D eigenvalue weighted by Crippen LogP contribution is -2.25. The monoisotopic (exact) mass is 263 g/mol. The lowest BCUT2D eigenvalue weighted by Gasteiger charge is -2.03. The number of hydrogen-bond acceptors (Lipinski definition) is 4. The minimum Gasteiger partial charge on any atom is -0.311 e. The number of hydrogen-bond donors (Lipinski definition) is 4. The van der Waals surface area contributed by atoms with Gasteiger partial charge in [0.2, 0.25) is 5.91 Å². The highest BCUT2D eigenvalue weighted by Crippen LogP contribution is 2.13. The van der Waals surface area contributed by atoms with Crippen molar-refractivity contribution in [3.05, 3.63) is 43.9 Å². The van der Waals surface area contributed by atoms with E-state index in [9.17, 15) is 14.4 Å². The van der Waals surface area contributed by atoms with Crippen molar-refractivity contribution >= 4 is 11.7 Å². The quantitative estimate of drug-likeness (QED) is 0.600. The third-order valence-corrected chi connectivity index (χ3v) is 2.68. The number of amides is 1. The maximum absolute atomic E-state index is 11.8. The van der Waals surface area contributed by atoms with Crippen LogP contribution in [0.2, 0.25) is 0 Å². The first-order valence-electron chi connectivity index (χ1n) is 5.59. The minimum atomic E-state index is -0.637. The van der Waals surface area contributed by atoms with Gasteiger partial charge >= 0.3 is 5.69 Å². The van der Waals surface area contributed by atoms with Gasteiger partial charge in [0.25, 0.3) is 5.56 Å². The van der Waals surface area contributed by atoms with Gasteiger partial charge in [0.1, 0.15) is 0 Å². The van der Waals surface area contributed by atoms with Crippen molar-refractivity contribution in [3.8, 4) is 0 Å². The fraction of sp³-hybridized carbons (Fsp3) is 0.273. The van der Waals surface area contributed by atoms with Crippen LogP contribution >= 0.6 is 0 Å². The summed E-state index contributed by atoms with van der Waals surface area (Å²) in [6.07, 6.45) is -0.107. The van der Waals surface area contributed by atoms with Gasteiger partial charge in [-0.2, -0.15) is 5.10 Å². The molecule has 0 radical (unpaired) electrons. The molecule has 0 atom stereocenters. The van der Waals surface area contributed by atoms with Crippen LogP contribution in [0.25, 0.3) is 0 Å². The Morgan fingerprint density at radius 2 is 2.05 bits per heavy atom. The topological polar surface area (TPSA) is 123 Å². The summed E-state index contributed by atoms with van der Waals surface area (Å²) in [5, 5.41) is 9.28. The minimum absolute atomic E-state index is 0.107. The molecule has 0 spiro atoms. The molecule has 1 amide bonds. The Morgan fingerprint density at radius 3 is 2.63 bits per heavy atom. The number of nitrogens with one attached hydrogen (secondary N) is 4. The van der Waals surface area contributed by atoms with Crippen LogP contribution in [0, 0.1) is 13.8 Å². The first-order chi connectivity index (χ1) is 8.95. The molecule has 8 heteroatoms. The standard InChI is InChI=1S/C11H13N5O3/c1-5-6(2)15-16-10(5)13-8(17)3-7-4-9(18)14-11(19)12-7/h4H,3H2,1-2H3,(H2,12,14,18,19)(H2,13,15,16,17). The molecule has 19 heavy (non-hydrogen) atoms. The van der Waals surface area contributed by atoms with Crippen molar-refractivity contribution < 1.29 is 4.79 Å². The third-order valence-electron chi connectivity index (χ3n) is 2.68. The van der Waals surface area contributed by atoms with E-state index in [2.05, 4.69) is 20.5 Å². The fourth-order valence-corrected chi connectivity index (χ4v) is 1.57. The molecular weight excluding hydrogens is 250 g/mol. The molecule has 0 bridgehead atoms. The van der Waals surface area contributed by atoms with E-state index >= 15 is 0 Å². The smallest absolute Gasteiger partial charge is 0.311 e. The number of aryl methyl sites for hydroxylation is 1. The molecule has 0 saturated heterocycles. The van der Waals surface area contributed by atoms with Gasteiger partial charge in [-0.15, -0.1) is 0 Å². The Hall–Kier alpha value is -2.64. The second-order valence-corrected chi connectivity index (χ2v) is 4.16. The van der Waals surface area contributed by atoms with Crippen LogP contribution < -0.4 is 16.6 Å². The zero-order valence-corrected chi connectivity index (χ0v) is 10.5. The molecule has 0 saturated carbocycles. The molecule has 2 aromatic heterocycles. The fourth-order valence-electron chi connectivity index (χ4n) is 1.57. The molecule has 8 nitrogen and oxygen atoms in total. The molecule has 2 rings (SSSR count). The number of nitrogens with zero attached hydrogens (tertiary/aromatic N) is 1. The second-order valence-electron chi connectivity index (χ2n) is 4.16. The maximum Gasteiger partial charge on any atom is 0.325 e. The van der Waals surface area contributed by atoms with Crippen LogP contribution in [0.4, 0.5) is 5.82 Å². The van der Waals surface area contributed by atoms with Crippen molar-refractivity contribution in [1.29, 1.82) is 0 Å². The number of carbonyl (C=O) groups excluding carboxylic acids is 1. The highest BCUT2D eigenvalue weighted by atomic mass is 16.2. The third kappa shape index (κ3) is 2.97. The van der Waals surface area contributed by atoms with Crippen molar-refractivity contribution in [2.24, 2.45) is 0 Å². The van der Waals surface area contributed by atoms with E-state index in [1.807, 2.05) is 18.8 Å². The van der Waals surface area contributed by atoms with Gasteiger partial charge in [0.15, 0.2) is 5.82 Å². The highest BCUT2D eigenvalue weighted by Gasteiger charge is 2.10. The summed E-state index contributed by atoms with van der Waals surface area (Å²) >= 11 is 0. The van der Waals surface area contributed by atoms with E-state index in [0.717, 1.165) is 11.3 Å². The molecule has 4 N–H and O–H groups in total. The molecule has 2 heterocycles. The van der Waals surface area contributed by atoms with Crippen molar-refractivity contribution in [2.75, 3.05) is 5.32 Å². The number of rotatable bonds is 3. The number of anilines is 1. The summed E-state index contributed by atoms with van der Waals surface area (Å²) in [5.74, 6) is 0.0746. The Morgan fingerprint density at radius 1 is 1.32 bits per heavy atom. The van der Waals surface area contributed by atoms with E-state index in [4.69, 9.17) is 0 Å².